The van der Waals surface area contributed by atoms with Crippen molar-refractivity contribution >= 4 is 0 Å². The lowest BCUT2D eigenvalue weighted by molar-refractivity contribution is 0.0176. The van der Waals surface area contributed by atoms with E-state index >= 15 is 0 Å². The molecule has 1 heterocycles. The molecule has 0 saturated carbocycles. The third-order valence-electron chi connectivity index (χ3n) is 3.33. The summed E-state index contributed by atoms with van der Waals surface area (Å²) in [6.07, 6.45) is 2.52. The van der Waals surface area contributed by atoms with Crippen LogP contribution in [0.2, 0.25) is 0 Å². The summed E-state index contributed by atoms with van der Waals surface area (Å²) in [5.74, 6) is 0. The van der Waals surface area contributed by atoms with E-state index in [2.05, 4.69) is 17.1 Å². The molecule has 0 amide bonds. The number of hydrogen-bond donors (Lipinski definition) is 1. The Morgan fingerprint density at radius 1 is 1.11 bits per heavy atom. The largest absolute Gasteiger partial charge is 0.382 e. The van der Waals surface area contributed by atoms with Gasteiger partial charge >= 0.3 is 0 Å². The highest BCUT2D eigenvalue weighted by Gasteiger charge is 2.17. The summed E-state index contributed by atoms with van der Waals surface area (Å²) >= 11 is 0. The van der Waals surface area contributed by atoms with E-state index < -0.39 is 0 Å². The molecule has 1 aliphatic heterocycles. The van der Waals surface area contributed by atoms with E-state index in [0.717, 1.165) is 32.8 Å². The maximum atomic E-state index is 5.58. The van der Waals surface area contributed by atoms with Crippen LogP contribution in [0.25, 0.3) is 0 Å². The van der Waals surface area contributed by atoms with Gasteiger partial charge in [0.25, 0.3) is 0 Å². The van der Waals surface area contributed by atoms with Crippen molar-refractivity contribution in [2.75, 3.05) is 66.3 Å². The Morgan fingerprint density at radius 2 is 1.84 bits per heavy atom. The Bertz CT molecular complexity index is 203. The van der Waals surface area contributed by atoms with Crippen LogP contribution in [0.5, 0.6) is 0 Å². The number of methoxy groups -OCH3 is 1. The van der Waals surface area contributed by atoms with Crippen LogP contribution in [0.1, 0.15) is 19.8 Å². The van der Waals surface area contributed by atoms with Gasteiger partial charge in [0.1, 0.15) is 0 Å². The highest BCUT2D eigenvalue weighted by molar-refractivity contribution is 4.77. The number of nitrogens with one attached hydrogen (secondary N) is 1. The fourth-order valence-corrected chi connectivity index (χ4v) is 2.30. The number of ether oxygens (including phenoxy) is 3. The van der Waals surface area contributed by atoms with Gasteiger partial charge < -0.3 is 19.5 Å². The fraction of sp³-hybridized carbons (Fsp3) is 1.00. The summed E-state index contributed by atoms with van der Waals surface area (Å²) in [6, 6.07) is 0.663. The molecule has 0 aromatic rings. The van der Waals surface area contributed by atoms with Crippen molar-refractivity contribution in [3.05, 3.63) is 0 Å². The summed E-state index contributed by atoms with van der Waals surface area (Å²) in [6.45, 7) is 10.1. The highest BCUT2D eigenvalue weighted by atomic mass is 16.5. The van der Waals surface area contributed by atoms with Crippen molar-refractivity contribution in [1.82, 2.24) is 10.2 Å². The van der Waals surface area contributed by atoms with Crippen molar-refractivity contribution in [2.24, 2.45) is 0 Å². The molecular formula is C14H30N2O3. The smallest absolute Gasteiger partial charge is 0.0701 e. The Kier molecular flexibility index (Phi) is 10.3. The van der Waals surface area contributed by atoms with Crippen LogP contribution in [0.4, 0.5) is 0 Å². The number of rotatable bonds is 11. The van der Waals surface area contributed by atoms with Gasteiger partial charge in [-0.05, 0) is 6.42 Å². The Morgan fingerprint density at radius 3 is 2.58 bits per heavy atom. The zero-order chi connectivity index (χ0) is 13.8. The van der Waals surface area contributed by atoms with Crippen LogP contribution in [0.15, 0.2) is 0 Å². The van der Waals surface area contributed by atoms with Crippen molar-refractivity contribution in [3.63, 3.8) is 0 Å². The second-order valence-electron chi connectivity index (χ2n) is 4.96. The standard InChI is InChI=1S/C14H30N2O3/c1-3-4-14-13-16(6-5-15-14)7-8-18-11-12-19-10-9-17-2/h14-15H,3-13H2,1-2H3. The van der Waals surface area contributed by atoms with Crippen molar-refractivity contribution < 1.29 is 14.2 Å². The van der Waals surface area contributed by atoms with Gasteiger partial charge in [0.2, 0.25) is 0 Å². The molecule has 0 aliphatic carbocycles. The van der Waals surface area contributed by atoms with Crippen LogP contribution in [0.3, 0.4) is 0 Å². The van der Waals surface area contributed by atoms with Crippen LogP contribution in [-0.4, -0.2) is 77.3 Å². The molecule has 0 spiro atoms. The van der Waals surface area contributed by atoms with Gasteiger partial charge in [0.05, 0.1) is 33.0 Å². The highest BCUT2D eigenvalue weighted by Crippen LogP contribution is 2.04. The van der Waals surface area contributed by atoms with Crippen LogP contribution in [0, 0.1) is 0 Å². The van der Waals surface area contributed by atoms with E-state index in [4.69, 9.17) is 14.2 Å². The van der Waals surface area contributed by atoms with E-state index in [-0.39, 0.29) is 0 Å². The van der Waals surface area contributed by atoms with Gasteiger partial charge in [-0.15, -0.1) is 0 Å². The molecule has 1 rings (SSSR count). The summed E-state index contributed by atoms with van der Waals surface area (Å²) in [4.78, 5) is 2.49. The lowest BCUT2D eigenvalue weighted by Gasteiger charge is -2.33. The molecule has 1 fully saturated rings. The second kappa shape index (κ2) is 11.6. The first-order chi connectivity index (χ1) is 9.36. The van der Waals surface area contributed by atoms with E-state index in [1.807, 2.05) is 0 Å². The monoisotopic (exact) mass is 274 g/mol. The molecule has 1 N–H and O–H groups in total. The minimum Gasteiger partial charge on any atom is -0.382 e. The maximum Gasteiger partial charge on any atom is 0.0701 e. The molecule has 19 heavy (non-hydrogen) atoms. The zero-order valence-corrected chi connectivity index (χ0v) is 12.5. The Hall–Kier alpha value is -0.200. The summed E-state index contributed by atoms with van der Waals surface area (Å²) < 4.78 is 15.8. The van der Waals surface area contributed by atoms with Crippen LogP contribution < -0.4 is 5.32 Å². The second-order valence-corrected chi connectivity index (χ2v) is 4.96. The molecule has 0 radical (unpaired) electrons. The van der Waals surface area contributed by atoms with E-state index in [9.17, 15) is 0 Å². The SMILES string of the molecule is CCCC1CN(CCOCCOCCOC)CCN1. The van der Waals surface area contributed by atoms with Gasteiger partial charge in [-0.3, -0.25) is 4.90 Å². The van der Waals surface area contributed by atoms with E-state index in [1.54, 1.807) is 7.11 Å². The van der Waals surface area contributed by atoms with E-state index in [1.165, 1.54) is 12.8 Å². The Labute approximate surface area is 117 Å². The van der Waals surface area contributed by atoms with Crippen molar-refractivity contribution in [1.29, 1.82) is 0 Å². The first-order valence-corrected chi connectivity index (χ1v) is 7.47. The lowest BCUT2D eigenvalue weighted by atomic mass is 10.1. The van der Waals surface area contributed by atoms with Gasteiger partial charge in [0.15, 0.2) is 0 Å². The fourth-order valence-electron chi connectivity index (χ4n) is 2.30. The normalized spacial score (nSPS) is 20.8. The van der Waals surface area contributed by atoms with Gasteiger partial charge in [-0.1, -0.05) is 13.3 Å². The quantitative estimate of drug-likeness (QED) is 0.563. The average Bonchev–Trinajstić information content (AvgIpc) is 2.43. The first kappa shape index (κ1) is 16.9. The van der Waals surface area contributed by atoms with Crippen LogP contribution >= 0.6 is 0 Å². The summed E-state index contributed by atoms with van der Waals surface area (Å²) in [5, 5.41) is 3.57. The van der Waals surface area contributed by atoms with Crippen molar-refractivity contribution in [3.8, 4) is 0 Å². The average molecular weight is 274 g/mol. The number of piperazine rings is 1. The minimum atomic E-state index is 0.649. The van der Waals surface area contributed by atoms with Gasteiger partial charge in [-0.25, -0.2) is 0 Å². The molecule has 5 heteroatoms. The molecule has 1 saturated heterocycles. The maximum absolute atomic E-state index is 5.58. The lowest BCUT2D eigenvalue weighted by Crippen LogP contribution is -2.51. The summed E-state index contributed by atoms with van der Waals surface area (Å²) in [5.41, 5.74) is 0. The molecule has 0 bridgehead atoms. The van der Waals surface area contributed by atoms with E-state index in [0.29, 0.717) is 32.5 Å². The third-order valence-corrected chi connectivity index (χ3v) is 3.33. The molecule has 0 aromatic heterocycles. The zero-order valence-electron chi connectivity index (χ0n) is 12.5. The molecule has 1 atom stereocenters. The third kappa shape index (κ3) is 8.55. The summed E-state index contributed by atoms with van der Waals surface area (Å²) in [7, 11) is 1.68. The number of hydrogen-bond acceptors (Lipinski definition) is 5. The first-order valence-electron chi connectivity index (χ1n) is 7.47. The molecule has 0 aromatic carbocycles. The van der Waals surface area contributed by atoms with Crippen molar-refractivity contribution in [2.45, 2.75) is 25.8 Å². The van der Waals surface area contributed by atoms with Crippen LogP contribution in [-0.2, 0) is 14.2 Å². The minimum absolute atomic E-state index is 0.649. The molecular weight excluding hydrogens is 244 g/mol. The molecule has 1 unspecified atom stereocenters. The molecule has 114 valence electrons. The predicted octanol–water partition coefficient (Wildman–Crippen LogP) is 0.740. The van der Waals surface area contributed by atoms with Gasteiger partial charge in [-0.2, -0.15) is 0 Å². The predicted molar refractivity (Wildman–Crippen MR) is 76.7 cm³/mol. The molecule has 5 nitrogen and oxygen atoms in total. The molecule has 1 aliphatic rings. The Balaban J connectivity index is 1.91. The topological polar surface area (TPSA) is 43.0 Å². The van der Waals surface area contributed by atoms with Gasteiger partial charge in [0, 0.05) is 39.3 Å². The number of nitrogens with zero attached hydrogens (tertiary/aromatic N) is 1.